The van der Waals surface area contributed by atoms with Gasteiger partial charge in [-0.1, -0.05) is 30.3 Å². The lowest BCUT2D eigenvalue weighted by molar-refractivity contribution is -0.136. The average molecular weight is 466 g/mol. The summed E-state index contributed by atoms with van der Waals surface area (Å²) in [5.41, 5.74) is 8.63. The Hall–Kier alpha value is -3.72. The number of anilines is 1. The molecule has 0 radical (unpaired) electrons. The lowest BCUT2D eigenvalue weighted by atomic mass is 10.0. The third-order valence-corrected chi connectivity index (χ3v) is 5.89. The molecule has 1 heterocycles. The van der Waals surface area contributed by atoms with E-state index in [1.54, 1.807) is 19.2 Å². The molecule has 3 rings (SSSR count). The van der Waals surface area contributed by atoms with Crippen molar-refractivity contribution < 1.29 is 19.5 Å². The molecule has 2 aromatic rings. The van der Waals surface area contributed by atoms with Gasteiger partial charge in [-0.3, -0.25) is 19.7 Å². The first-order valence-electron chi connectivity index (χ1n) is 11.3. The predicted octanol–water partition coefficient (Wildman–Crippen LogP) is 1.31. The van der Waals surface area contributed by atoms with E-state index in [9.17, 15) is 14.4 Å². The van der Waals surface area contributed by atoms with E-state index in [-0.39, 0.29) is 24.3 Å². The van der Waals surface area contributed by atoms with Gasteiger partial charge in [0.2, 0.25) is 5.91 Å². The number of amides is 2. The summed E-state index contributed by atoms with van der Waals surface area (Å²) in [6, 6.07) is 15.9. The van der Waals surface area contributed by atoms with Crippen LogP contribution in [0.25, 0.3) is 0 Å². The third-order valence-electron chi connectivity index (χ3n) is 5.89. The Bertz CT molecular complexity index is 1020. The summed E-state index contributed by atoms with van der Waals surface area (Å²) in [6.07, 6.45) is 2.72. The fourth-order valence-corrected chi connectivity index (χ4v) is 4.08. The molecule has 0 saturated carbocycles. The number of amidine groups is 1. The highest BCUT2D eigenvalue weighted by Crippen LogP contribution is 2.26. The van der Waals surface area contributed by atoms with Crippen LogP contribution in [0.15, 0.2) is 59.6 Å². The van der Waals surface area contributed by atoms with Gasteiger partial charge in [-0.15, -0.1) is 0 Å². The molecule has 0 spiro atoms. The average Bonchev–Trinajstić information content (AvgIpc) is 3.34. The summed E-state index contributed by atoms with van der Waals surface area (Å²) >= 11 is 0. The molecule has 2 amide bonds. The molecule has 0 aromatic heterocycles. The second-order valence-corrected chi connectivity index (χ2v) is 8.20. The molecule has 9 nitrogen and oxygen atoms in total. The predicted molar refractivity (Wildman–Crippen MR) is 131 cm³/mol. The number of nitrogens with two attached hydrogens (primary N) is 1. The van der Waals surface area contributed by atoms with E-state index >= 15 is 0 Å². The number of hydrogen-bond acceptors (Lipinski definition) is 5. The Morgan fingerprint density at radius 3 is 2.50 bits per heavy atom. The number of rotatable bonds is 10. The quantitative estimate of drug-likeness (QED) is 0.307. The molecular weight excluding hydrogens is 434 g/mol. The second-order valence-electron chi connectivity index (χ2n) is 8.20. The Morgan fingerprint density at radius 1 is 1.15 bits per heavy atom. The fraction of sp³-hybridized carbons (Fsp3) is 0.360. The van der Waals surface area contributed by atoms with Crippen LogP contribution in [0.5, 0.6) is 0 Å². The molecule has 2 atom stereocenters. The van der Waals surface area contributed by atoms with Gasteiger partial charge >= 0.3 is 5.97 Å². The molecule has 0 unspecified atom stereocenters. The summed E-state index contributed by atoms with van der Waals surface area (Å²) in [5, 5.41) is 14.5. The summed E-state index contributed by atoms with van der Waals surface area (Å²) in [6.45, 7) is 0.440. The zero-order valence-electron chi connectivity index (χ0n) is 19.2. The molecule has 5 N–H and O–H groups in total. The number of aliphatic carboxylic acids is 1. The summed E-state index contributed by atoms with van der Waals surface area (Å²) in [7, 11) is 1.63. The first kappa shape index (κ1) is 24.9. The first-order valence-corrected chi connectivity index (χ1v) is 11.3. The Kier molecular flexibility index (Phi) is 8.75. The van der Waals surface area contributed by atoms with Crippen LogP contribution < -0.4 is 21.3 Å². The molecule has 0 aliphatic carbocycles. The lowest BCUT2D eigenvalue weighted by Crippen LogP contribution is -2.42. The van der Waals surface area contributed by atoms with Crippen molar-refractivity contribution in [2.45, 2.75) is 37.8 Å². The highest BCUT2D eigenvalue weighted by molar-refractivity contribution is 6.05. The van der Waals surface area contributed by atoms with Crippen molar-refractivity contribution in [3.63, 3.8) is 0 Å². The van der Waals surface area contributed by atoms with Crippen molar-refractivity contribution >= 4 is 29.3 Å². The minimum atomic E-state index is -1.05. The van der Waals surface area contributed by atoms with Gasteiger partial charge < -0.3 is 21.1 Å². The van der Waals surface area contributed by atoms with Crippen LogP contribution in [0.2, 0.25) is 0 Å². The molecule has 9 heteroatoms. The minimum absolute atomic E-state index is 0.0105. The van der Waals surface area contributed by atoms with Gasteiger partial charge in [-0.05, 0) is 55.5 Å². The van der Waals surface area contributed by atoms with E-state index in [1.165, 1.54) is 0 Å². The standard InChI is InChI=1S/C25H31N5O4/c1-27-25(34)21-8-5-15-30(21)19-12-10-18(11-13-19)23(26)29-24(33)20(28-16-22(31)32)14-9-17-6-3-2-4-7-17/h2-4,6-7,10-13,20-21,28H,5,8-9,14-16H2,1H3,(H,27,34)(H,31,32)(H2,26,29,33)/t20-,21+/m1/s1. The normalized spacial score (nSPS) is 16.8. The van der Waals surface area contributed by atoms with Crippen LogP contribution in [0.4, 0.5) is 5.69 Å². The Morgan fingerprint density at radius 2 is 1.85 bits per heavy atom. The van der Waals surface area contributed by atoms with E-state index in [1.807, 2.05) is 42.5 Å². The van der Waals surface area contributed by atoms with Gasteiger partial charge in [-0.25, -0.2) is 0 Å². The number of carbonyl (C=O) groups excluding carboxylic acids is 2. The van der Waals surface area contributed by atoms with Crippen LogP contribution in [-0.2, 0) is 20.8 Å². The number of carboxylic acid groups (broad SMARTS) is 1. The highest BCUT2D eigenvalue weighted by atomic mass is 16.4. The largest absolute Gasteiger partial charge is 0.480 e. The van der Waals surface area contributed by atoms with Crippen LogP contribution in [0.1, 0.15) is 30.4 Å². The molecular formula is C25H31N5O4. The van der Waals surface area contributed by atoms with Crippen LogP contribution >= 0.6 is 0 Å². The minimum Gasteiger partial charge on any atom is -0.480 e. The molecule has 2 aromatic carbocycles. The van der Waals surface area contributed by atoms with Crippen molar-refractivity contribution in [3.8, 4) is 0 Å². The van der Waals surface area contributed by atoms with Crippen LogP contribution in [0.3, 0.4) is 0 Å². The second kappa shape index (κ2) is 11.9. The molecule has 180 valence electrons. The van der Waals surface area contributed by atoms with Crippen LogP contribution in [-0.4, -0.2) is 60.9 Å². The Labute approximate surface area is 199 Å². The number of carbonyl (C=O) groups is 3. The maximum absolute atomic E-state index is 12.8. The maximum Gasteiger partial charge on any atom is 0.317 e. The molecule has 0 bridgehead atoms. The van der Waals surface area contributed by atoms with Crippen molar-refractivity contribution in [3.05, 3.63) is 65.7 Å². The third kappa shape index (κ3) is 6.64. The molecule has 1 aliphatic rings. The molecule has 1 aliphatic heterocycles. The van der Waals surface area contributed by atoms with E-state index in [0.717, 1.165) is 30.6 Å². The van der Waals surface area contributed by atoms with Crippen LogP contribution in [0, 0.1) is 0 Å². The van der Waals surface area contributed by atoms with Crippen molar-refractivity contribution in [2.24, 2.45) is 10.7 Å². The number of nitrogens with one attached hydrogen (secondary N) is 2. The van der Waals surface area contributed by atoms with Gasteiger partial charge in [-0.2, -0.15) is 4.99 Å². The van der Waals surface area contributed by atoms with E-state index in [4.69, 9.17) is 10.8 Å². The molecule has 1 fully saturated rings. The zero-order valence-corrected chi connectivity index (χ0v) is 19.2. The van der Waals surface area contributed by atoms with E-state index < -0.39 is 17.9 Å². The van der Waals surface area contributed by atoms with Gasteiger partial charge in [0.15, 0.2) is 0 Å². The van der Waals surface area contributed by atoms with Crippen molar-refractivity contribution in [2.75, 3.05) is 25.0 Å². The van der Waals surface area contributed by atoms with Gasteiger partial charge in [0.05, 0.1) is 12.6 Å². The number of carboxylic acids is 1. The number of benzene rings is 2. The zero-order chi connectivity index (χ0) is 24.5. The first-order chi connectivity index (χ1) is 16.4. The number of aliphatic imine (C=N–C) groups is 1. The van der Waals surface area contributed by atoms with E-state index in [2.05, 4.69) is 20.5 Å². The van der Waals surface area contributed by atoms with Gasteiger partial charge in [0.25, 0.3) is 5.91 Å². The number of nitrogens with zero attached hydrogens (tertiary/aromatic N) is 2. The van der Waals surface area contributed by atoms with E-state index in [0.29, 0.717) is 18.4 Å². The van der Waals surface area contributed by atoms with Crippen molar-refractivity contribution in [1.29, 1.82) is 0 Å². The highest BCUT2D eigenvalue weighted by Gasteiger charge is 2.30. The smallest absolute Gasteiger partial charge is 0.317 e. The van der Waals surface area contributed by atoms with Crippen molar-refractivity contribution in [1.82, 2.24) is 10.6 Å². The number of hydrogen-bond donors (Lipinski definition) is 4. The van der Waals surface area contributed by atoms with Gasteiger partial charge in [0.1, 0.15) is 11.9 Å². The maximum atomic E-state index is 12.8. The SMILES string of the molecule is CNC(=O)[C@@H]1CCCN1c1ccc(C(N)=NC(=O)[C@@H](CCc2ccccc2)NCC(=O)O)cc1. The molecule has 34 heavy (non-hydrogen) atoms. The summed E-state index contributed by atoms with van der Waals surface area (Å²) in [5.74, 6) is -1.52. The lowest BCUT2D eigenvalue weighted by Gasteiger charge is -2.25. The number of likely N-dealkylation sites (N-methyl/N-ethyl adjacent to an activating group) is 1. The van der Waals surface area contributed by atoms with Gasteiger partial charge in [0, 0.05) is 24.8 Å². The monoisotopic (exact) mass is 465 g/mol. The summed E-state index contributed by atoms with van der Waals surface area (Å²) in [4.78, 5) is 42.0. The Balaban J connectivity index is 1.69. The number of aryl methyl sites for hydroxylation is 1. The molecule has 1 saturated heterocycles. The fourth-order valence-electron chi connectivity index (χ4n) is 4.08. The summed E-state index contributed by atoms with van der Waals surface area (Å²) < 4.78 is 0. The topological polar surface area (TPSA) is 137 Å².